The number of amides is 1. The van der Waals surface area contributed by atoms with Crippen LogP contribution in [0.15, 0.2) is 48.5 Å². The summed E-state index contributed by atoms with van der Waals surface area (Å²) in [7, 11) is 0. The van der Waals surface area contributed by atoms with Gasteiger partial charge in [0.25, 0.3) is 0 Å². The number of nitrogens with zero attached hydrogens (tertiary/aromatic N) is 2. The van der Waals surface area contributed by atoms with E-state index >= 15 is 0 Å². The minimum absolute atomic E-state index is 0.0583. The molecule has 0 N–H and O–H groups in total. The molecule has 0 aromatic heterocycles. The van der Waals surface area contributed by atoms with Crippen molar-refractivity contribution >= 4 is 11.6 Å². The molecule has 2 aromatic carbocycles. The van der Waals surface area contributed by atoms with Gasteiger partial charge in [0.2, 0.25) is 5.91 Å². The second-order valence-electron chi connectivity index (χ2n) is 6.76. The number of benzene rings is 2. The van der Waals surface area contributed by atoms with Crippen LogP contribution in [0.3, 0.4) is 0 Å². The summed E-state index contributed by atoms with van der Waals surface area (Å²) in [5.41, 5.74) is 2.12. The second kappa shape index (κ2) is 8.03. The normalized spacial score (nSPS) is 15.1. The maximum Gasteiger partial charge on any atom is 0.416 e. The highest BCUT2D eigenvalue weighted by atomic mass is 19.4. The molecule has 3 nitrogen and oxygen atoms in total. The fourth-order valence-corrected chi connectivity index (χ4v) is 3.27. The average Bonchev–Trinajstić information content (AvgIpc) is 2.68. The van der Waals surface area contributed by atoms with Gasteiger partial charge in [0, 0.05) is 31.9 Å². The first-order valence-corrected chi connectivity index (χ1v) is 9.14. The van der Waals surface area contributed by atoms with E-state index in [4.69, 9.17) is 0 Å². The molecule has 1 aliphatic heterocycles. The van der Waals surface area contributed by atoms with Crippen molar-refractivity contribution in [2.45, 2.75) is 25.9 Å². The van der Waals surface area contributed by atoms with Gasteiger partial charge in [-0.05, 0) is 35.7 Å². The van der Waals surface area contributed by atoms with Crippen LogP contribution in [0, 0.1) is 0 Å². The van der Waals surface area contributed by atoms with Gasteiger partial charge in [0.05, 0.1) is 12.0 Å². The largest absolute Gasteiger partial charge is 0.416 e. The number of anilines is 1. The third-order valence-corrected chi connectivity index (χ3v) is 4.96. The maximum absolute atomic E-state index is 12.9. The number of alkyl halides is 3. The summed E-state index contributed by atoms with van der Waals surface area (Å²) in [5.74, 6) is 0.0583. The quantitative estimate of drug-likeness (QED) is 0.800. The minimum Gasteiger partial charge on any atom is -0.368 e. The molecule has 1 heterocycles. The van der Waals surface area contributed by atoms with Crippen molar-refractivity contribution in [3.63, 3.8) is 0 Å². The molecule has 3 rings (SSSR count). The summed E-state index contributed by atoms with van der Waals surface area (Å²) in [6.07, 6.45) is -3.03. The lowest BCUT2D eigenvalue weighted by Gasteiger charge is -2.36. The van der Waals surface area contributed by atoms with Crippen LogP contribution in [0.5, 0.6) is 0 Å². The van der Waals surface area contributed by atoms with Crippen LogP contribution in [-0.2, 0) is 23.8 Å². The van der Waals surface area contributed by atoms with E-state index in [1.807, 2.05) is 29.2 Å². The first-order chi connectivity index (χ1) is 12.9. The average molecular weight is 376 g/mol. The molecule has 0 saturated carbocycles. The molecule has 27 heavy (non-hydrogen) atoms. The number of rotatable bonds is 4. The van der Waals surface area contributed by atoms with Crippen LogP contribution in [0.25, 0.3) is 0 Å². The van der Waals surface area contributed by atoms with Gasteiger partial charge in [-0.25, -0.2) is 0 Å². The Morgan fingerprint density at radius 3 is 2.19 bits per heavy atom. The zero-order chi connectivity index (χ0) is 19.4. The lowest BCUT2D eigenvalue weighted by Crippen LogP contribution is -2.49. The van der Waals surface area contributed by atoms with E-state index < -0.39 is 11.7 Å². The van der Waals surface area contributed by atoms with Gasteiger partial charge in [-0.1, -0.05) is 37.3 Å². The number of carbonyl (C=O) groups excluding carboxylic acids is 1. The minimum atomic E-state index is -4.35. The predicted molar refractivity (Wildman–Crippen MR) is 99.8 cm³/mol. The van der Waals surface area contributed by atoms with Crippen molar-refractivity contribution in [3.8, 4) is 0 Å². The Morgan fingerprint density at radius 1 is 0.963 bits per heavy atom. The van der Waals surface area contributed by atoms with E-state index in [1.165, 1.54) is 17.7 Å². The zero-order valence-corrected chi connectivity index (χ0v) is 15.3. The number of hydrogen-bond acceptors (Lipinski definition) is 2. The number of carbonyl (C=O) groups is 1. The summed E-state index contributed by atoms with van der Waals surface area (Å²) >= 11 is 0. The van der Waals surface area contributed by atoms with Crippen LogP contribution in [-0.4, -0.2) is 37.0 Å². The Kier molecular flexibility index (Phi) is 5.73. The van der Waals surface area contributed by atoms with E-state index in [1.54, 1.807) is 11.0 Å². The molecule has 1 aliphatic rings. The lowest BCUT2D eigenvalue weighted by atomic mass is 10.1. The first kappa shape index (κ1) is 19.3. The molecule has 0 radical (unpaired) electrons. The van der Waals surface area contributed by atoms with Crippen molar-refractivity contribution in [2.75, 3.05) is 31.1 Å². The topological polar surface area (TPSA) is 23.6 Å². The summed E-state index contributed by atoms with van der Waals surface area (Å²) in [6, 6.07) is 13.4. The monoisotopic (exact) mass is 376 g/mol. The SMILES string of the molecule is CCc1ccc(CC(=O)N2CCN(c3cccc(C(F)(F)F)c3)CC2)cc1. The third kappa shape index (κ3) is 4.81. The summed E-state index contributed by atoms with van der Waals surface area (Å²) in [6.45, 7) is 4.18. The van der Waals surface area contributed by atoms with Gasteiger partial charge in [0.1, 0.15) is 0 Å². The van der Waals surface area contributed by atoms with Crippen molar-refractivity contribution in [1.82, 2.24) is 4.90 Å². The highest BCUT2D eigenvalue weighted by Gasteiger charge is 2.31. The molecule has 0 spiro atoms. The summed E-state index contributed by atoms with van der Waals surface area (Å²) in [5, 5.41) is 0. The Morgan fingerprint density at radius 2 is 1.59 bits per heavy atom. The van der Waals surface area contributed by atoms with Gasteiger partial charge in [0.15, 0.2) is 0 Å². The molecular formula is C21H23F3N2O. The highest BCUT2D eigenvalue weighted by molar-refractivity contribution is 5.79. The lowest BCUT2D eigenvalue weighted by molar-refractivity contribution is -0.137. The fourth-order valence-electron chi connectivity index (χ4n) is 3.27. The number of halogens is 3. The first-order valence-electron chi connectivity index (χ1n) is 9.14. The number of piperazine rings is 1. The predicted octanol–water partition coefficient (Wildman–Crippen LogP) is 4.16. The number of aryl methyl sites for hydroxylation is 1. The van der Waals surface area contributed by atoms with E-state index in [0.29, 0.717) is 38.3 Å². The van der Waals surface area contributed by atoms with Crippen LogP contribution in [0.4, 0.5) is 18.9 Å². The van der Waals surface area contributed by atoms with Crippen molar-refractivity contribution in [1.29, 1.82) is 0 Å². The van der Waals surface area contributed by atoms with Crippen LogP contribution >= 0.6 is 0 Å². The molecule has 6 heteroatoms. The molecule has 0 aliphatic carbocycles. The second-order valence-corrected chi connectivity index (χ2v) is 6.76. The van der Waals surface area contributed by atoms with Crippen LogP contribution in [0.1, 0.15) is 23.6 Å². The van der Waals surface area contributed by atoms with E-state index in [9.17, 15) is 18.0 Å². The fraction of sp³-hybridized carbons (Fsp3) is 0.381. The van der Waals surface area contributed by atoms with Gasteiger partial charge >= 0.3 is 6.18 Å². The molecule has 2 aromatic rings. The zero-order valence-electron chi connectivity index (χ0n) is 15.3. The Hall–Kier alpha value is -2.50. The standard InChI is InChI=1S/C21H23F3N2O/c1-2-16-6-8-17(9-7-16)14-20(27)26-12-10-25(11-13-26)19-5-3-4-18(15-19)21(22,23)24/h3-9,15H,2,10-14H2,1H3. The van der Waals surface area contributed by atoms with E-state index in [-0.39, 0.29) is 5.91 Å². The van der Waals surface area contributed by atoms with Gasteiger partial charge in [-0.3, -0.25) is 4.79 Å². The van der Waals surface area contributed by atoms with Crippen LogP contribution in [0.2, 0.25) is 0 Å². The van der Waals surface area contributed by atoms with Crippen molar-refractivity contribution in [3.05, 3.63) is 65.2 Å². The highest BCUT2D eigenvalue weighted by Crippen LogP contribution is 2.31. The van der Waals surface area contributed by atoms with Crippen molar-refractivity contribution < 1.29 is 18.0 Å². The van der Waals surface area contributed by atoms with Crippen molar-refractivity contribution in [2.24, 2.45) is 0 Å². The maximum atomic E-state index is 12.9. The molecule has 0 atom stereocenters. The van der Waals surface area contributed by atoms with Gasteiger partial charge in [-0.15, -0.1) is 0 Å². The molecule has 0 bridgehead atoms. The molecule has 1 amide bonds. The van der Waals surface area contributed by atoms with E-state index in [0.717, 1.165) is 18.1 Å². The molecule has 1 fully saturated rings. The molecule has 0 unspecified atom stereocenters. The third-order valence-electron chi connectivity index (χ3n) is 4.96. The van der Waals surface area contributed by atoms with Crippen LogP contribution < -0.4 is 4.90 Å². The molecule has 1 saturated heterocycles. The number of hydrogen-bond donors (Lipinski definition) is 0. The summed E-state index contributed by atoms with van der Waals surface area (Å²) < 4.78 is 38.7. The molecule has 144 valence electrons. The Balaban J connectivity index is 1.57. The van der Waals surface area contributed by atoms with E-state index in [2.05, 4.69) is 6.92 Å². The smallest absolute Gasteiger partial charge is 0.368 e. The Labute approximate surface area is 157 Å². The van der Waals surface area contributed by atoms with Gasteiger partial charge in [-0.2, -0.15) is 13.2 Å². The Bertz CT molecular complexity index is 779. The summed E-state index contributed by atoms with van der Waals surface area (Å²) in [4.78, 5) is 16.2. The molecular weight excluding hydrogens is 353 g/mol. The van der Waals surface area contributed by atoms with Gasteiger partial charge < -0.3 is 9.80 Å².